The molecule has 2 aromatic carbocycles. The number of carbonyl (C=O) groups excluding carboxylic acids is 1. The first-order valence-electron chi connectivity index (χ1n) is 9.08. The van der Waals surface area contributed by atoms with E-state index in [0.717, 1.165) is 5.56 Å². The lowest BCUT2D eigenvalue weighted by Gasteiger charge is -2.23. The van der Waals surface area contributed by atoms with Crippen LogP contribution in [0.3, 0.4) is 0 Å². The highest BCUT2D eigenvalue weighted by atomic mass is 32.2. The Kier molecular flexibility index (Phi) is 4.66. The van der Waals surface area contributed by atoms with E-state index in [0.29, 0.717) is 29.4 Å². The van der Waals surface area contributed by atoms with Crippen LogP contribution in [-0.2, 0) is 20.2 Å². The standard InChI is InChI=1S/C20H22N2O6S/c1-26-13-4-6-16-15(10-13)20(19(23)21-16)8-9-22(12-20)29(24,25)14-5-7-17(27-2)18(11-14)28-3/h4-7,10-11H,8-9,12H2,1-3H3,(H,21,23)/t20-/m0/s1. The van der Waals surface area contributed by atoms with Crippen molar-refractivity contribution in [2.24, 2.45) is 0 Å². The van der Waals surface area contributed by atoms with Gasteiger partial charge < -0.3 is 19.5 Å². The maximum Gasteiger partial charge on any atom is 0.243 e. The molecule has 0 aromatic heterocycles. The molecule has 2 aliphatic heterocycles. The van der Waals surface area contributed by atoms with Crippen molar-refractivity contribution in [3.05, 3.63) is 42.0 Å². The summed E-state index contributed by atoms with van der Waals surface area (Å²) in [4.78, 5) is 12.9. The monoisotopic (exact) mass is 418 g/mol. The highest BCUT2D eigenvalue weighted by molar-refractivity contribution is 7.89. The van der Waals surface area contributed by atoms with Gasteiger partial charge in [0.15, 0.2) is 11.5 Å². The molecule has 1 amide bonds. The first-order chi connectivity index (χ1) is 13.9. The number of nitrogens with zero attached hydrogens (tertiary/aromatic N) is 1. The molecular weight excluding hydrogens is 396 g/mol. The van der Waals surface area contributed by atoms with Crippen LogP contribution in [0.1, 0.15) is 12.0 Å². The van der Waals surface area contributed by atoms with E-state index < -0.39 is 15.4 Å². The smallest absolute Gasteiger partial charge is 0.243 e. The maximum atomic E-state index is 13.3. The number of methoxy groups -OCH3 is 3. The van der Waals surface area contributed by atoms with Crippen molar-refractivity contribution < 1.29 is 27.4 Å². The Morgan fingerprint density at radius 2 is 1.76 bits per heavy atom. The Bertz CT molecular complexity index is 1080. The van der Waals surface area contributed by atoms with Gasteiger partial charge in [-0.05, 0) is 42.3 Å². The quantitative estimate of drug-likeness (QED) is 0.798. The molecule has 0 aliphatic carbocycles. The molecule has 1 N–H and O–H groups in total. The minimum absolute atomic E-state index is 0.0652. The predicted octanol–water partition coefficient (Wildman–Crippen LogP) is 2.00. The van der Waals surface area contributed by atoms with Gasteiger partial charge in [-0.1, -0.05) is 0 Å². The number of hydrogen-bond acceptors (Lipinski definition) is 6. The van der Waals surface area contributed by atoms with Crippen LogP contribution in [0.2, 0.25) is 0 Å². The second-order valence-electron chi connectivity index (χ2n) is 7.05. The first-order valence-corrected chi connectivity index (χ1v) is 10.5. The fourth-order valence-electron chi connectivity index (χ4n) is 4.03. The zero-order valence-electron chi connectivity index (χ0n) is 16.4. The average molecular weight is 418 g/mol. The molecule has 154 valence electrons. The molecule has 9 heteroatoms. The lowest BCUT2D eigenvalue weighted by atomic mass is 9.81. The summed E-state index contributed by atoms with van der Waals surface area (Å²) in [5.74, 6) is 1.21. The van der Waals surface area contributed by atoms with Crippen LogP contribution in [0, 0.1) is 0 Å². The number of fused-ring (bicyclic) bond motifs is 2. The zero-order chi connectivity index (χ0) is 20.8. The Hall–Kier alpha value is -2.78. The minimum Gasteiger partial charge on any atom is -0.497 e. The average Bonchev–Trinajstić information content (AvgIpc) is 3.31. The third-order valence-corrected chi connectivity index (χ3v) is 7.49. The highest BCUT2D eigenvalue weighted by Crippen LogP contribution is 2.46. The summed E-state index contributed by atoms with van der Waals surface area (Å²) < 4.78 is 43.6. The van der Waals surface area contributed by atoms with Crippen LogP contribution in [-0.4, -0.2) is 53.0 Å². The van der Waals surface area contributed by atoms with E-state index in [-0.39, 0.29) is 23.9 Å². The van der Waals surface area contributed by atoms with Crippen LogP contribution in [0.25, 0.3) is 0 Å². The molecule has 0 unspecified atom stereocenters. The van der Waals surface area contributed by atoms with Gasteiger partial charge in [0.1, 0.15) is 5.75 Å². The van der Waals surface area contributed by atoms with Gasteiger partial charge in [-0.2, -0.15) is 4.31 Å². The number of ether oxygens (including phenoxy) is 3. The van der Waals surface area contributed by atoms with E-state index in [9.17, 15) is 13.2 Å². The van der Waals surface area contributed by atoms with Crippen molar-refractivity contribution >= 4 is 21.6 Å². The second-order valence-corrected chi connectivity index (χ2v) is 8.99. The van der Waals surface area contributed by atoms with Crippen LogP contribution in [0.5, 0.6) is 17.2 Å². The number of nitrogens with one attached hydrogen (secondary N) is 1. The van der Waals surface area contributed by atoms with Crippen molar-refractivity contribution in [3.8, 4) is 17.2 Å². The number of benzene rings is 2. The van der Waals surface area contributed by atoms with Gasteiger partial charge in [0, 0.05) is 24.8 Å². The molecule has 8 nitrogen and oxygen atoms in total. The second kappa shape index (κ2) is 6.93. The van der Waals surface area contributed by atoms with Crippen LogP contribution in [0.15, 0.2) is 41.3 Å². The Labute approximate surface area is 169 Å². The number of carbonyl (C=O) groups is 1. The van der Waals surface area contributed by atoms with Gasteiger partial charge >= 0.3 is 0 Å². The largest absolute Gasteiger partial charge is 0.497 e. The molecule has 2 aliphatic rings. The van der Waals surface area contributed by atoms with Crippen LogP contribution >= 0.6 is 0 Å². The molecule has 1 atom stereocenters. The SMILES string of the molecule is COc1ccc2c(c1)[C@@]1(CCN(S(=O)(=O)c3ccc(OC)c(OC)c3)C1)C(=O)N2. The van der Waals surface area contributed by atoms with E-state index in [1.54, 1.807) is 31.4 Å². The van der Waals surface area contributed by atoms with Crippen molar-refractivity contribution in [2.45, 2.75) is 16.7 Å². The van der Waals surface area contributed by atoms with Crippen molar-refractivity contribution in [3.63, 3.8) is 0 Å². The Balaban J connectivity index is 1.69. The van der Waals surface area contributed by atoms with Crippen molar-refractivity contribution in [2.75, 3.05) is 39.7 Å². The summed E-state index contributed by atoms with van der Waals surface area (Å²) >= 11 is 0. The predicted molar refractivity (Wildman–Crippen MR) is 106 cm³/mol. The van der Waals surface area contributed by atoms with Crippen molar-refractivity contribution in [1.82, 2.24) is 4.31 Å². The molecule has 0 bridgehead atoms. The lowest BCUT2D eigenvalue weighted by Crippen LogP contribution is -2.39. The summed E-state index contributed by atoms with van der Waals surface area (Å²) in [6, 6.07) is 9.83. The van der Waals surface area contributed by atoms with Gasteiger partial charge in [0.2, 0.25) is 15.9 Å². The summed E-state index contributed by atoms with van der Waals surface area (Å²) in [6.07, 6.45) is 0.394. The Morgan fingerprint density at radius 1 is 1.00 bits per heavy atom. The molecule has 4 rings (SSSR count). The lowest BCUT2D eigenvalue weighted by molar-refractivity contribution is -0.120. The molecule has 29 heavy (non-hydrogen) atoms. The van der Waals surface area contributed by atoms with E-state index in [1.807, 2.05) is 0 Å². The van der Waals surface area contributed by atoms with Gasteiger partial charge in [0.05, 0.1) is 31.6 Å². The minimum atomic E-state index is -3.81. The molecule has 1 fully saturated rings. The highest BCUT2D eigenvalue weighted by Gasteiger charge is 2.53. The van der Waals surface area contributed by atoms with Gasteiger partial charge in [0.25, 0.3) is 0 Å². The summed E-state index contributed by atoms with van der Waals surface area (Å²) in [5.41, 5.74) is 0.543. The van der Waals surface area contributed by atoms with Crippen LogP contribution in [0.4, 0.5) is 5.69 Å². The van der Waals surface area contributed by atoms with Gasteiger partial charge in [-0.15, -0.1) is 0 Å². The number of hydrogen-bond donors (Lipinski definition) is 1. The molecular formula is C20H22N2O6S. The van der Waals surface area contributed by atoms with Crippen LogP contribution < -0.4 is 19.5 Å². The van der Waals surface area contributed by atoms with Crippen molar-refractivity contribution in [1.29, 1.82) is 0 Å². The molecule has 0 radical (unpaired) electrons. The first kappa shape index (κ1) is 19.5. The van der Waals surface area contributed by atoms with E-state index in [4.69, 9.17) is 14.2 Å². The normalized spacial score (nSPS) is 21.1. The van der Waals surface area contributed by atoms with Gasteiger partial charge in [-0.25, -0.2) is 8.42 Å². The third kappa shape index (κ3) is 2.92. The number of rotatable bonds is 5. The molecule has 0 saturated carbocycles. The third-order valence-electron chi connectivity index (χ3n) is 5.65. The summed E-state index contributed by atoms with van der Waals surface area (Å²) in [5, 5.41) is 2.87. The van der Waals surface area contributed by atoms with E-state index >= 15 is 0 Å². The van der Waals surface area contributed by atoms with Gasteiger partial charge in [-0.3, -0.25) is 4.79 Å². The van der Waals surface area contributed by atoms with E-state index in [1.165, 1.54) is 30.7 Å². The number of sulfonamides is 1. The fraction of sp³-hybridized carbons (Fsp3) is 0.350. The molecule has 1 saturated heterocycles. The molecule has 2 aromatic rings. The summed E-state index contributed by atoms with van der Waals surface area (Å²) in [6.45, 7) is 0.302. The molecule has 2 heterocycles. The maximum absolute atomic E-state index is 13.3. The number of anilines is 1. The fourth-order valence-corrected chi connectivity index (χ4v) is 5.55. The number of amides is 1. The zero-order valence-corrected chi connectivity index (χ0v) is 17.2. The molecule has 1 spiro atoms. The topological polar surface area (TPSA) is 94.2 Å². The summed E-state index contributed by atoms with van der Waals surface area (Å²) in [7, 11) is 0.679. The van der Waals surface area contributed by atoms with E-state index in [2.05, 4.69) is 5.32 Å². The Morgan fingerprint density at radius 3 is 2.45 bits per heavy atom.